The predicted molar refractivity (Wildman–Crippen MR) is 109 cm³/mol. The lowest BCUT2D eigenvalue weighted by atomic mass is 10.1. The molecular formula is C20H21ClN2O2S. The van der Waals surface area contributed by atoms with Gasteiger partial charge in [-0.1, -0.05) is 18.2 Å². The highest BCUT2D eigenvalue weighted by molar-refractivity contribution is 8.00. The maximum absolute atomic E-state index is 12.6. The Balaban J connectivity index is 1.92. The van der Waals surface area contributed by atoms with E-state index in [0.29, 0.717) is 11.4 Å². The van der Waals surface area contributed by atoms with Gasteiger partial charge in [0, 0.05) is 11.4 Å². The Morgan fingerprint density at radius 3 is 2.58 bits per heavy atom. The average molecular weight is 389 g/mol. The van der Waals surface area contributed by atoms with Gasteiger partial charge in [0.1, 0.15) is 10.8 Å². The number of nitrogens with zero attached hydrogens (tertiary/aromatic N) is 1. The maximum Gasteiger partial charge on any atom is 0.242 e. The molecule has 3 rings (SSSR count). The molecule has 0 saturated carbocycles. The fourth-order valence-electron chi connectivity index (χ4n) is 3.05. The molecule has 1 fully saturated rings. The van der Waals surface area contributed by atoms with Crippen LogP contribution in [0.1, 0.15) is 29.0 Å². The molecule has 4 nitrogen and oxygen atoms in total. The highest BCUT2D eigenvalue weighted by atomic mass is 35.5. The molecule has 0 aromatic heterocycles. The van der Waals surface area contributed by atoms with Crippen LogP contribution in [0.15, 0.2) is 42.5 Å². The van der Waals surface area contributed by atoms with Crippen LogP contribution in [-0.2, 0) is 9.59 Å². The summed E-state index contributed by atoms with van der Waals surface area (Å²) in [6, 6.07) is 13.7. The first-order valence-corrected chi connectivity index (χ1v) is 9.90. The van der Waals surface area contributed by atoms with Crippen molar-refractivity contribution in [1.82, 2.24) is 0 Å². The SMILES string of the molecule is Cc1cc(C)cc(N2C(=O)CS[C@H]2c2cccc(NC(=O)[C@H](C)Cl)c2)c1. The third-order valence-electron chi connectivity index (χ3n) is 4.15. The number of alkyl halides is 1. The zero-order valence-electron chi connectivity index (χ0n) is 15.0. The van der Waals surface area contributed by atoms with Crippen molar-refractivity contribution in [2.24, 2.45) is 0 Å². The lowest BCUT2D eigenvalue weighted by molar-refractivity contribution is -0.116. The highest BCUT2D eigenvalue weighted by Gasteiger charge is 2.34. The van der Waals surface area contributed by atoms with Crippen LogP contribution in [0.4, 0.5) is 11.4 Å². The molecule has 0 radical (unpaired) electrons. The molecule has 6 heteroatoms. The summed E-state index contributed by atoms with van der Waals surface area (Å²) in [6.07, 6.45) is 0. The Bertz CT molecular complexity index is 833. The first-order valence-electron chi connectivity index (χ1n) is 8.42. The molecule has 2 atom stereocenters. The fraction of sp³-hybridized carbons (Fsp3) is 0.300. The largest absolute Gasteiger partial charge is 0.325 e. The molecule has 136 valence electrons. The second kappa shape index (κ2) is 7.72. The van der Waals surface area contributed by atoms with E-state index in [1.54, 1.807) is 18.7 Å². The molecule has 1 aliphatic rings. The Morgan fingerprint density at radius 2 is 1.92 bits per heavy atom. The Kier molecular flexibility index (Phi) is 5.58. The normalized spacial score (nSPS) is 18.1. The zero-order valence-corrected chi connectivity index (χ0v) is 16.5. The van der Waals surface area contributed by atoms with Gasteiger partial charge >= 0.3 is 0 Å². The third kappa shape index (κ3) is 4.05. The van der Waals surface area contributed by atoms with E-state index in [9.17, 15) is 9.59 Å². The van der Waals surface area contributed by atoms with Crippen LogP contribution in [0.25, 0.3) is 0 Å². The van der Waals surface area contributed by atoms with E-state index in [2.05, 4.69) is 11.4 Å². The van der Waals surface area contributed by atoms with Gasteiger partial charge in [-0.2, -0.15) is 0 Å². The van der Waals surface area contributed by atoms with E-state index in [-0.39, 0.29) is 17.2 Å². The molecule has 1 saturated heterocycles. The van der Waals surface area contributed by atoms with Crippen LogP contribution in [0.3, 0.4) is 0 Å². The van der Waals surface area contributed by atoms with Crippen molar-refractivity contribution in [2.45, 2.75) is 31.5 Å². The van der Waals surface area contributed by atoms with Gasteiger partial charge in [0.25, 0.3) is 0 Å². The van der Waals surface area contributed by atoms with Gasteiger partial charge in [0.05, 0.1) is 5.75 Å². The molecule has 0 spiro atoms. The van der Waals surface area contributed by atoms with Crippen LogP contribution in [0, 0.1) is 13.8 Å². The van der Waals surface area contributed by atoms with Crippen molar-refractivity contribution in [3.8, 4) is 0 Å². The second-order valence-electron chi connectivity index (χ2n) is 6.50. The number of hydrogen-bond donors (Lipinski definition) is 1. The smallest absolute Gasteiger partial charge is 0.242 e. The van der Waals surface area contributed by atoms with Crippen molar-refractivity contribution in [2.75, 3.05) is 16.0 Å². The number of nitrogens with one attached hydrogen (secondary N) is 1. The molecule has 1 N–H and O–H groups in total. The number of thioether (sulfide) groups is 1. The zero-order chi connectivity index (χ0) is 18.8. The van der Waals surface area contributed by atoms with Gasteiger partial charge in [0.15, 0.2) is 0 Å². The minimum atomic E-state index is -0.604. The number of halogens is 1. The number of hydrogen-bond acceptors (Lipinski definition) is 3. The predicted octanol–water partition coefficient (Wildman–Crippen LogP) is 4.65. The van der Waals surface area contributed by atoms with E-state index >= 15 is 0 Å². The molecule has 0 unspecified atom stereocenters. The Hall–Kier alpha value is -1.98. The van der Waals surface area contributed by atoms with Crippen LogP contribution < -0.4 is 10.2 Å². The second-order valence-corrected chi connectivity index (χ2v) is 8.23. The topological polar surface area (TPSA) is 49.4 Å². The molecular weight excluding hydrogens is 368 g/mol. The summed E-state index contributed by atoms with van der Waals surface area (Å²) in [5.74, 6) is 0.284. The van der Waals surface area contributed by atoms with Crippen LogP contribution >= 0.6 is 23.4 Å². The fourth-order valence-corrected chi connectivity index (χ4v) is 4.27. The van der Waals surface area contributed by atoms with Crippen LogP contribution in [0.2, 0.25) is 0 Å². The van der Waals surface area contributed by atoms with Crippen molar-refractivity contribution in [3.05, 3.63) is 59.2 Å². The number of aryl methyl sites for hydroxylation is 2. The van der Waals surface area contributed by atoms with Gasteiger partial charge < -0.3 is 5.32 Å². The summed E-state index contributed by atoms with van der Waals surface area (Å²) in [5.41, 5.74) is 4.81. The van der Waals surface area contributed by atoms with Gasteiger partial charge in [0.2, 0.25) is 11.8 Å². The van der Waals surface area contributed by atoms with Crippen LogP contribution in [0.5, 0.6) is 0 Å². The van der Waals surface area contributed by atoms with Crippen molar-refractivity contribution in [3.63, 3.8) is 0 Å². The minimum absolute atomic E-state index is 0.0915. The van der Waals surface area contributed by atoms with Crippen LogP contribution in [-0.4, -0.2) is 22.9 Å². The monoisotopic (exact) mass is 388 g/mol. The summed E-state index contributed by atoms with van der Waals surface area (Å²) in [7, 11) is 0. The lowest BCUT2D eigenvalue weighted by Crippen LogP contribution is -2.28. The lowest BCUT2D eigenvalue weighted by Gasteiger charge is -2.25. The third-order valence-corrected chi connectivity index (χ3v) is 5.56. The Labute approximate surface area is 162 Å². The highest BCUT2D eigenvalue weighted by Crippen LogP contribution is 2.42. The number of anilines is 2. The van der Waals surface area contributed by atoms with Gasteiger partial charge in [-0.25, -0.2) is 0 Å². The van der Waals surface area contributed by atoms with E-state index in [0.717, 1.165) is 22.4 Å². The number of carbonyl (C=O) groups is 2. The summed E-state index contributed by atoms with van der Waals surface area (Å²) < 4.78 is 0. The number of amides is 2. The molecule has 2 amide bonds. The van der Waals surface area contributed by atoms with Gasteiger partial charge in [-0.3, -0.25) is 14.5 Å². The average Bonchev–Trinajstić information content (AvgIpc) is 2.95. The first-order chi connectivity index (χ1) is 12.3. The molecule has 2 aromatic rings. The quantitative estimate of drug-likeness (QED) is 0.775. The number of benzene rings is 2. The summed E-state index contributed by atoms with van der Waals surface area (Å²) in [4.78, 5) is 26.2. The Morgan fingerprint density at radius 1 is 1.23 bits per heavy atom. The van der Waals surface area contributed by atoms with Gasteiger partial charge in [-0.05, 0) is 61.7 Å². The van der Waals surface area contributed by atoms with Crippen molar-refractivity contribution < 1.29 is 9.59 Å². The molecule has 0 aliphatic carbocycles. The van der Waals surface area contributed by atoms with E-state index in [1.165, 1.54) is 0 Å². The van der Waals surface area contributed by atoms with E-state index in [1.807, 2.05) is 55.1 Å². The molecule has 1 heterocycles. The van der Waals surface area contributed by atoms with E-state index < -0.39 is 5.38 Å². The van der Waals surface area contributed by atoms with Gasteiger partial charge in [-0.15, -0.1) is 23.4 Å². The molecule has 26 heavy (non-hydrogen) atoms. The molecule has 1 aliphatic heterocycles. The minimum Gasteiger partial charge on any atom is -0.325 e. The number of carbonyl (C=O) groups excluding carboxylic acids is 2. The first kappa shape index (κ1) is 18.8. The number of rotatable bonds is 4. The maximum atomic E-state index is 12.6. The van der Waals surface area contributed by atoms with Crippen molar-refractivity contribution in [1.29, 1.82) is 0 Å². The standard InChI is InChI=1S/C20H21ClN2O2S/c1-12-7-13(2)9-17(8-12)23-18(24)11-26-20(23)15-5-4-6-16(10-15)22-19(25)14(3)21/h4-10,14,20H,11H2,1-3H3,(H,22,25)/t14-,20-/m0/s1. The van der Waals surface area contributed by atoms with Crippen molar-refractivity contribution >= 4 is 46.6 Å². The molecule has 2 aromatic carbocycles. The summed E-state index contributed by atoms with van der Waals surface area (Å²) in [6.45, 7) is 5.69. The van der Waals surface area contributed by atoms with E-state index in [4.69, 9.17) is 11.6 Å². The summed E-state index contributed by atoms with van der Waals surface area (Å²) >= 11 is 7.42. The summed E-state index contributed by atoms with van der Waals surface area (Å²) in [5, 5.41) is 2.09. The molecule has 0 bridgehead atoms.